The Morgan fingerprint density at radius 1 is 1.41 bits per heavy atom. The Hall–Kier alpha value is -2.41. The Bertz CT molecular complexity index is 596. The third kappa shape index (κ3) is 2.40. The number of nitrogens with zero attached hydrogens (tertiary/aromatic N) is 2. The number of carbonyl (C=O) groups excluding carboxylic acids is 1. The summed E-state index contributed by atoms with van der Waals surface area (Å²) in [6.07, 6.45) is 4.06. The van der Waals surface area contributed by atoms with Crippen LogP contribution in [0.3, 0.4) is 0 Å². The fraction of sp³-hybridized carbons (Fsp3) is 0.0769. The molecule has 0 saturated carbocycles. The van der Waals surface area contributed by atoms with E-state index in [0.717, 1.165) is 6.29 Å². The topological polar surface area (TPSA) is 45.8 Å². The molecule has 1 aromatic carbocycles. The average Bonchev–Trinajstić information content (AvgIpc) is 2.80. The molecule has 1 heterocycles. The number of benzene rings is 1. The van der Waals surface area contributed by atoms with E-state index in [1.165, 1.54) is 18.2 Å². The van der Waals surface area contributed by atoms with Gasteiger partial charge in [-0.2, -0.15) is 5.26 Å². The first-order chi connectivity index (χ1) is 8.22. The number of rotatable bonds is 3. The van der Waals surface area contributed by atoms with Crippen LogP contribution in [0.15, 0.2) is 36.7 Å². The molecule has 0 fully saturated rings. The Kier molecular flexibility index (Phi) is 3.01. The Morgan fingerprint density at radius 2 is 2.24 bits per heavy atom. The fourth-order valence-electron chi connectivity index (χ4n) is 1.59. The molecule has 0 aliphatic heterocycles. The first-order valence-electron chi connectivity index (χ1n) is 5.02. The Balaban J connectivity index is 2.29. The second-order valence-electron chi connectivity index (χ2n) is 3.65. The van der Waals surface area contributed by atoms with Crippen molar-refractivity contribution in [3.05, 3.63) is 59.2 Å². The smallest absolute Gasteiger partial charge is 0.151 e. The lowest BCUT2D eigenvalue weighted by atomic mass is 10.1. The monoisotopic (exact) mass is 228 g/mol. The van der Waals surface area contributed by atoms with Gasteiger partial charge < -0.3 is 4.57 Å². The summed E-state index contributed by atoms with van der Waals surface area (Å²) >= 11 is 0. The van der Waals surface area contributed by atoms with E-state index in [4.69, 9.17) is 5.26 Å². The molecule has 2 aromatic rings. The molecule has 0 amide bonds. The summed E-state index contributed by atoms with van der Waals surface area (Å²) in [5, 5.41) is 8.74. The summed E-state index contributed by atoms with van der Waals surface area (Å²) in [5.41, 5.74) is 1.39. The molecule has 17 heavy (non-hydrogen) atoms. The van der Waals surface area contributed by atoms with E-state index in [-0.39, 0.29) is 5.82 Å². The van der Waals surface area contributed by atoms with Gasteiger partial charge in [0.25, 0.3) is 0 Å². The minimum atomic E-state index is -0.356. The van der Waals surface area contributed by atoms with Crippen LogP contribution < -0.4 is 0 Å². The summed E-state index contributed by atoms with van der Waals surface area (Å²) in [7, 11) is 0. The Labute approximate surface area is 97.7 Å². The minimum absolute atomic E-state index is 0.301. The number of hydrogen-bond acceptors (Lipinski definition) is 2. The molecule has 0 atom stereocenters. The van der Waals surface area contributed by atoms with Crippen molar-refractivity contribution in [1.29, 1.82) is 5.26 Å². The van der Waals surface area contributed by atoms with Crippen LogP contribution in [-0.2, 0) is 6.54 Å². The summed E-state index contributed by atoms with van der Waals surface area (Å²) in [4.78, 5) is 10.5. The van der Waals surface area contributed by atoms with Crippen molar-refractivity contribution >= 4 is 6.29 Å². The summed E-state index contributed by atoms with van der Waals surface area (Å²) in [5.74, 6) is -0.356. The van der Waals surface area contributed by atoms with Crippen LogP contribution in [-0.4, -0.2) is 10.9 Å². The van der Waals surface area contributed by atoms with Gasteiger partial charge >= 0.3 is 0 Å². The number of hydrogen-bond donors (Lipinski definition) is 0. The summed E-state index contributed by atoms with van der Waals surface area (Å²) in [6, 6.07) is 7.84. The van der Waals surface area contributed by atoms with Crippen LogP contribution >= 0.6 is 0 Å². The van der Waals surface area contributed by atoms with Crippen molar-refractivity contribution in [3.63, 3.8) is 0 Å². The lowest BCUT2D eigenvalue weighted by Crippen LogP contribution is -2.00. The van der Waals surface area contributed by atoms with Crippen LogP contribution in [0.4, 0.5) is 4.39 Å². The summed E-state index contributed by atoms with van der Waals surface area (Å²) < 4.78 is 15.2. The molecule has 84 valence electrons. The molecule has 0 unspecified atom stereocenters. The lowest BCUT2D eigenvalue weighted by molar-refractivity contribution is 0.112. The highest BCUT2D eigenvalue weighted by Crippen LogP contribution is 2.12. The lowest BCUT2D eigenvalue weighted by Gasteiger charge is -2.04. The number of halogens is 1. The number of aldehydes is 1. The molecule has 2 rings (SSSR count). The third-order valence-electron chi connectivity index (χ3n) is 2.44. The van der Waals surface area contributed by atoms with Crippen LogP contribution in [0, 0.1) is 17.1 Å². The molecule has 3 nitrogen and oxygen atoms in total. The van der Waals surface area contributed by atoms with Gasteiger partial charge in [0.05, 0.1) is 11.6 Å². The molecular weight excluding hydrogens is 219 g/mol. The molecule has 0 aliphatic carbocycles. The van der Waals surface area contributed by atoms with Gasteiger partial charge in [-0.15, -0.1) is 0 Å². The van der Waals surface area contributed by atoms with E-state index in [0.29, 0.717) is 23.2 Å². The molecule has 0 radical (unpaired) electrons. The highest BCUT2D eigenvalue weighted by Gasteiger charge is 2.05. The molecule has 4 heteroatoms. The van der Waals surface area contributed by atoms with E-state index in [1.807, 2.05) is 6.07 Å². The number of aromatic nitrogens is 1. The predicted molar refractivity (Wildman–Crippen MR) is 60.0 cm³/mol. The first kappa shape index (κ1) is 11.1. The van der Waals surface area contributed by atoms with E-state index in [2.05, 4.69) is 0 Å². The average molecular weight is 228 g/mol. The molecule has 0 bridgehead atoms. The zero-order valence-corrected chi connectivity index (χ0v) is 8.93. The highest BCUT2D eigenvalue weighted by molar-refractivity contribution is 5.74. The molecule has 0 saturated heterocycles. The van der Waals surface area contributed by atoms with E-state index < -0.39 is 0 Å². The SMILES string of the molecule is N#Cc1ccc(F)c(Cn2ccc(C=O)c2)c1. The van der Waals surface area contributed by atoms with Gasteiger partial charge in [0.2, 0.25) is 0 Å². The molecule has 0 spiro atoms. The zero-order chi connectivity index (χ0) is 12.3. The molecular formula is C13H9FN2O. The van der Waals surface area contributed by atoms with Crippen LogP contribution in [0.1, 0.15) is 21.5 Å². The van der Waals surface area contributed by atoms with Crippen molar-refractivity contribution in [2.75, 3.05) is 0 Å². The van der Waals surface area contributed by atoms with Gasteiger partial charge in [0.1, 0.15) is 5.82 Å². The van der Waals surface area contributed by atoms with Crippen molar-refractivity contribution in [3.8, 4) is 6.07 Å². The maximum absolute atomic E-state index is 13.5. The van der Waals surface area contributed by atoms with Crippen molar-refractivity contribution in [2.24, 2.45) is 0 Å². The number of carbonyl (C=O) groups is 1. The fourth-order valence-corrected chi connectivity index (χ4v) is 1.59. The van der Waals surface area contributed by atoms with Gasteiger partial charge in [-0.05, 0) is 24.3 Å². The van der Waals surface area contributed by atoms with Crippen molar-refractivity contribution in [1.82, 2.24) is 4.57 Å². The number of nitriles is 1. The largest absolute Gasteiger partial charge is 0.349 e. The minimum Gasteiger partial charge on any atom is -0.349 e. The standard InChI is InChI=1S/C13H9FN2O/c14-13-2-1-10(6-15)5-12(13)8-16-4-3-11(7-16)9-17/h1-5,7,9H,8H2. The van der Waals surface area contributed by atoms with E-state index in [1.54, 1.807) is 23.0 Å². The normalized spacial score (nSPS) is 9.88. The van der Waals surface area contributed by atoms with Crippen LogP contribution in [0.25, 0.3) is 0 Å². The quantitative estimate of drug-likeness (QED) is 0.757. The van der Waals surface area contributed by atoms with Gasteiger partial charge in [0.15, 0.2) is 6.29 Å². The van der Waals surface area contributed by atoms with Crippen LogP contribution in [0.5, 0.6) is 0 Å². The Morgan fingerprint density at radius 3 is 2.88 bits per heavy atom. The van der Waals surface area contributed by atoms with Crippen molar-refractivity contribution in [2.45, 2.75) is 6.54 Å². The highest BCUT2D eigenvalue weighted by atomic mass is 19.1. The molecule has 0 N–H and O–H groups in total. The second-order valence-corrected chi connectivity index (χ2v) is 3.65. The van der Waals surface area contributed by atoms with Gasteiger partial charge in [-0.1, -0.05) is 0 Å². The molecule has 0 aliphatic rings. The van der Waals surface area contributed by atoms with Gasteiger partial charge in [-0.3, -0.25) is 4.79 Å². The van der Waals surface area contributed by atoms with E-state index >= 15 is 0 Å². The predicted octanol–water partition coefficient (Wildman–Crippen LogP) is 2.36. The van der Waals surface area contributed by atoms with Crippen molar-refractivity contribution < 1.29 is 9.18 Å². The zero-order valence-electron chi connectivity index (χ0n) is 8.93. The molecule has 1 aromatic heterocycles. The first-order valence-corrected chi connectivity index (χ1v) is 5.02. The summed E-state index contributed by atoms with van der Waals surface area (Å²) in [6.45, 7) is 0.301. The third-order valence-corrected chi connectivity index (χ3v) is 2.44. The van der Waals surface area contributed by atoms with Gasteiger partial charge in [-0.25, -0.2) is 4.39 Å². The van der Waals surface area contributed by atoms with Crippen LogP contribution in [0.2, 0.25) is 0 Å². The second kappa shape index (κ2) is 4.62. The maximum atomic E-state index is 13.5. The van der Waals surface area contributed by atoms with E-state index in [9.17, 15) is 9.18 Å². The maximum Gasteiger partial charge on any atom is 0.151 e. The van der Waals surface area contributed by atoms with Gasteiger partial charge in [0, 0.05) is 30.1 Å².